The first-order chi connectivity index (χ1) is 14.4. The van der Waals surface area contributed by atoms with E-state index in [0.29, 0.717) is 13.1 Å². The molecule has 5 nitrogen and oxygen atoms in total. The SMILES string of the molecule is CC(C)C(=O)NC1CCN(CC(=O)N(Cc2ccc(F)cc2)C2CCCCC2)CC1. The Balaban J connectivity index is 1.56. The van der Waals surface area contributed by atoms with Crippen LogP contribution in [-0.4, -0.2) is 53.3 Å². The monoisotopic (exact) mass is 417 g/mol. The maximum atomic E-state index is 13.3. The largest absolute Gasteiger partial charge is 0.353 e. The normalized spacial score (nSPS) is 19.1. The average Bonchev–Trinajstić information content (AvgIpc) is 2.75. The molecule has 0 unspecified atom stereocenters. The predicted octanol–water partition coefficient (Wildman–Crippen LogP) is 3.72. The van der Waals surface area contributed by atoms with E-state index in [2.05, 4.69) is 10.2 Å². The molecule has 0 atom stereocenters. The molecule has 166 valence electrons. The van der Waals surface area contributed by atoms with Crippen LogP contribution < -0.4 is 5.32 Å². The summed E-state index contributed by atoms with van der Waals surface area (Å²) in [5.74, 6) is 0.0185. The summed E-state index contributed by atoms with van der Waals surface area (Å²) in [6.45, 7) is 6.43. The second-order valence-corrected chi connectivity index (χ2v) is 9.15. The van der Waals surface area contributed by atoms with Crippen LogP contribution in [0.25, 0.3) is 0 Å². The first kappa shape index (κ1) is 22.7. The lowest BCUT2D eigenvalue weighted by Gasteiger charge is -2.37. The Morgan fingerprint density at radius 2 is 1.70 bits per heavy atom. The summed E-state index contributed by atoms with van der Waals surface area (Å²) < 4.78 is 13.3. The molecule has 0 radical (unpaired) electrons. The molecule has 1 saturated carbocycles. The highest BCUT2D eigenvalue weighted by Crippen LogP contribution is 2.25. The fourth-order valence-electron chi connectivity index (χ4n) is 4.49. The summed E-state index contributed by atoms with van der Waals surface area (Å²) in [6, 6.07) is 6.98. The van der Waals surface area contributed by atoms with E-state index in [1.165, 1.54) is 31.4 Å². The molecule has 6 heteroatoms. The minimum absolute atomic E-state index is 0.000111. The smallest absolute Gasteiger partial charge is 0.237 e. The first-order valence-corrected chi connectivity index (χ1v) is 11.5. The molecular weight excluding hydrogens is 381 g/mol. The predicted molar refractivity (Wildman–Crippen MR) is 116 cm³/mol. The Hall–Kier alpha value is -1.95. The van der Waals surface area contributed by atoms with Gasteiger partial charge in [-0.2, -0.15) is 0 Å². The lowest BCUT2D eigenvalue weighted by molar-refractivity contribution is -0.136. The highest BCUT2D eigenvalue weighted by atomic mass is 19.1. The van der Waals surface area contributed by atoms with Crippen molar-refractivity contribution in [2.24, 2.45) is 5.92 Å². The van der Waals surface area contributed by atoms with Crippen LogP contribution in [0.15, 0.2) is 24.3 Å². The Labute approximate surface area is 180 Å². The van der Waals surface area contributed by atoms with Gasteiger partial charge in [0.2, 0.25) is 11.8 Å². The zero-order valence-corrected chi connectivity index (χ0v) is 18.4. The summed E-state index contributed by atoms with van der Waals surface area (Å²) in [5, 5.41) is 3.11. The van der Waals surface area contributed by atoms with Crippen molar-refractivity contribution in [3.8, 4) is 0 Å². The Morgan fingerprint density at radius 1 is 1.07 bits per heavy atom. The molecule has 1 aromatic carbocycles. The molecule has 1 heterocycles. The number of amides is 2. The standard InChI is InChI=1S/C24H36FN3O2/c1-18(2)24(30)26-21-12-14-27(15-13-21)17-23(29)28(22-6-4-3-5-7-22)16-19-8-10-20(25)11-9-19/h8-11,18,21-22H,3-7,12-17H2,1-2H3,(H,26,30). The number of rotatable bonds is 7. The van der Waals surface area contributed by atoms with Gasteiger partial charge in [0.15, 0.2) is 0 Å². The summed E-state index contributed by atoms with van der Waals surface area (Å²) in [4.78, 5) is 29.4. The molecule has 0 bridgehead atoms. The Morgan fingerprint density at radius 3 is 2.30 bits per heavy atom. The van der Waals surface area contributed by atoms with Gasteiger partial charge in [-0.05, 0) is 43.4 Å². The van der Waals surface area contributed by atoms with Crippen LogP contribution in [0.1, 0.15) is 64.4 Å². The third kappa shape index (κ3) is 6.53. The van der Waals surface area contributed by atoms with E-state index in [9.17, 15) is 14.0 Å². The summed E-state index contributed by atoms with van der Waals surface area (Å²) in [6.07, 6.45) is 7.44. The molecule has 1 aliphatic heterocycles. The van der Waals surface area contributed by atoms with Crippen LogP contribution in [0.3, 0.4) is 0 Å². The summed E-state index contributed by atoms with van der Waals surface area (Å²) >= 11 is 0. The van der Waals surface area contributed by atoms with Gasteiger partial charge in [0, 0.05) is 37.6 Å². The molecule has 1 aromatic rings. The number of halogens is 1. The molecular formula is C24H36FN3O2. The average molecular weight is 418 g/mol. The quantitative estimate of drug-likeness (QED) is 0.736. The molecule has 2 fully saturated rings. The number of carbonyl (C=O) groups excluding carboxylic acids is 2. The fourth-order valence-corrected chi connectivity index (χ4v) is 4.49. The fraction of sp³-hybridized carbons (Fsp3) is 0.667. The van der Waals surface area contributed by atoms with E-state index in [4.69, 9.17) is 0 Å². The molecule has 2 aliphatic rings. The van der Waals surface area contributed by atoms with Crippen molar-refractivity contribution in [3.05, 3.63) is 35.6 Å². The second kappa shape index (κ2) is 10.9. The van der Waals surface area contributed by atoms with Crippen molar-refractivity contribution in [2.45, 2.75) is 77.4 Å². The van der Waals surface area contributed by atoms with Gasteiger partial charge >= 0.3 is 0 Å². The van der Waals surface area contributed by atoms with Gasteiger partial charge in [-0.25, -0.2) is 4.39 Å². The zero-order chi connectivity index (χ0) is 21.5. The number of piperidine rings is 1. The molecule has 2 amide bonds. The zero-order valence-electron chi connectivity index (χ0n) is 18.4. The molecule has 3 rings (SSSR count). The van der Waals surface area contributed by atoms with Gasteiger partial charge in [0.25, 0.3) is 0 Å². The third-order valence-electron chi connectivity index (χ3n) is 6.42. The number of hydrogen-bond acceptors (Lipinski definition) is 3. The van der Waals surface area contributed by atoms with E-state index >= 15 is 0 Å². The second-order valence-electron chi connectivity index (χ2n) is 9.15. The number of nitrogens with one attached hydrogen (secondary N) is 1. The van der Waals surface area contributed by atoms with Crippen LogP contribution in [0.5, 0.6) is 0 Å². The number of hydrogen-bond donors (Lipinski definition) is 1. The Kier molecular flexibility index (Phi) is 8.25. The van der Waals surface area contributed by atoms with Crippen molar-refractivity contribution in [2.75, 3.05) is 19.6 Å². The van der Waals surface area contributed by atoms with Crippen LogP contribution >= 0.6 is 0 Å². The van der Waals surface area contributed by atoms with Gasteiger partial charge < -0.3 is 10.2 Å². The summed E-state index contributed by atoms with van der Waals surface area (Å²) in [5.41, 5.74) is 0.977. The molecule has 30 heavy (non-hydrogen) atoms. The third-order valence-corrected chi connectivity index (χ3v) is 6.42. The molecule has 1 N–H and O–H groups in total. The van der Waals surface area contributed by atoms with E-state index in [1.54, 1.807) is 12.1 Å². The van der Waals surface area contributed by atoms with Gasteiger partial charge in [-0.1, -0.05) is 45.2 Å². The van der Waals surface area contributed by atoms with Crippen LogP contribution in [0.4, 0.5) is 4.39 Å². The van der Waals surface area contributed by atoms with Crippen molar-refractivity contribution in [3.63, 3.8) is 0 Å². The molecule has 0 spiro atoms. The van der Waals surface area contributed by atoms with E-state index in [1.807, 2.05) is 18.7 Å². The Bertz CT molecular complexity index is 693. The van der Waals surface area contributed by atoms with Gasteiger partial charge in [0.05, 0.1) is 6.54 Å². The molecule has 1 saturated heterocycles. The van der Waals surface area contributed by atoms with E-state index < -0.39 is 0 Å². The van der Waals surface area contributed by atoms with Crippen molar-refractivity contribution < 1.29 is 14.0 Å². The number of nitrogens with zero attached hydrogens (tertiary/aromatic N) is 2. The van der Waals surface area contributed by atoms with Gasteiger partial charge in [0.1, 0.15) is 5.82 Å². The minimum atomic E-state index is -0.248. The molecule has 1 aliphatic carbocycles. The maximum absolute atomic E-state index is 13.3. The van der Waals surface area contributed by atoms with E-state index in [-0.39, 0.29) is 35.6 Å². The van der Waals surface area contributed by atoms with Crippen LogP contribution in [0.2, 0.25) is 0 Å². The summed E-state index contributed by atoms with van der Waals surface area (Å²) in [7, 11) is 0. The van der Waals surface area contributed by atoms with Gasteiger partial charge in [-0.3, -0.25) is 14.5 Å². The van der Waals surface area contributed by atoms with Crippen LogP contribution in [-0.2, 0) is 16.1 Å². The highest BCUT2D eigenvalue weighted by Gasteiger charge is 2.28. The van der Waals surface area contributed by atoms with Gasteiger partial charge in [-0.15, -0.1) is 0 Å². The highest BCUT2D eigenvalue weighted by molar-refractivity contribution is 5.79. The minimum Gasteiger partial charge on any atom is -0.353 e. The molecule has 0 aromatic heterocycles. The first-order valence-electron chi connectivity index (χ1n) is 11.5. The number of likely N-dealkylation sites (tertiary alicyclic amines) is 1. The van der Waals surface area contributed by atoms with Crippen molar-refractivity contribution in [1.29, 1.82) is 0 Å². The van der Waals surface area contributed by atoms with Crippen LogP contribution in [0, 0.1) is 11.7 Å². The topological polar surface area (TPSA) is 52.7 Å². The lowest BCUT2D eigenvalue weighted by atomic mass is 9.93. The maximum Gasteiger partial charge on any atom is 0.237 e. The van der Waals surface area contributed by atoms with Crippen molar-refractivity contribution in [1.82, 2.24) is 15.1 Å². The number of benzene rings is 1. The lowest BCUT2D eigenvalue weighted by Crippen LogP contribution is -2.50. The van der Waals surface area contributed by atoms with Crippen molar-refractivity contribution >= 4 is 11.8 Å². The number of carbonyl (C=O) groups is 2. The van der Waals surface area contributed by atoms with E-state index in [0.717, 1.165) is 44.3 Å².